The molecule has 9 nitrogen and oxygen atoms in total. The van der Waals surface area contributed by atoms with E-state index in [0.717, 1.165) is 5.56 Å². The van der Waals surface area contributed by atoms with Crippen molar-refractivity contribution >= 4 is 40.4 Å². The molecule has 158 valence electrons. The Morgan fingerprint density at radius 2 is 1.81 bits per heavy atom. The van der Waals surface area contributed by atoms with Crippen molar-refractivity contribution in [3.05, 3.63) is 104 Å². The predicted molar refractivity (Wildman–Crippen MR) is 121 cm³/mol. The van der Waals surface area contributed by atoms with E-state index >= 15 is 0 Å². The Bertz CT molecular complexity index is 1530. The molecule has 0 aliphatic carbocycles. The number of furan rings is 1. The topological polar surface area (TPSA) is 108 Å². The summed E-state index contributed by atoms with van der Waals surface area (Å²) in [6.07, 6.45) is 1.61. The summed E-state index contributed by atoms with van der Waals surface area (Å²) in [4.78, 5) is 23.4. The first-order valence-corrected chi connectivity index (χ1v) is 10.5. The van der Waals surface area contributed by atoms with E-state index in [-0.39, 0.29) is 11.4 Å². The predicted octanol–water partition coefficient (Wildman–Crippen LogP) is 4.36. The second kappa shape index (κ2) is 8.16. The fraction of sp³-hybridized carbons (Fsp3) is 0.0455. The molecule has 0 spiro atoms. The fourth-order valence-electron chi connectivity index (χ4n) is 3.41. The second-order valence-electron chi connectivity index (χ2n) is 6.87. The van der Waals surface area contributed by atoms with Gasteiger partial charge in [0.05, 0.1) is 23.5 Å². The van der Waals surface area contributed by atoms with Crippen molar-refractivity contribution in [3.8, 4) is 0 Å². The molecule has 0 aliphatic heterocycles. The molecule has 0 saturated carbocycles. The van der Waals surface area contributed by atoms with Gasteiger partial charge in [0.1, 0.15) is 10.7 Å². The van der Waals surface area contributed by atoms with E-state index in [1.165, 1.54) is 23.9 Å². The van der Waals surface area contributed by atoms with Gasteiger partial charge in [0.15, 0.2) is 0 Å². The molecule has 2 aromatic carbocycles. The van der Waals surface area contributed by atoms with Crippen molar-refractivity contribution in [2.75, 3.05) is 0 Å². The largest absolute Gasteiger partial charge is 0.433 e. The lowest BCUT2D eigenvalue weighted by Gasteiger charge is -2.11. The summed E-state index contributed by atoms with van der Waals surface area (Å²) in [5, 5.41) is 22.2. The third-order valence-electron chi connectivity index (χ3n) is 4.86. The standard InChI is InChI=1S/C22H15N5O4S/c28-20-17-8-4-5-9-18(17)26-21(25(20)14-15-6-2-1-3-7-15)23-24-22(26)32-13-12-16-10-11-19(31-16)27(29)30/h1-13H,14H2/b13-12+. The van der Waals surface area contributed by atoms with Gasteiger partial charge in [-0.3, -0.25) is 23.9 Å². The van der Waals surface area contributed by atoms with Crippen LogP contribution in [0, 0.1) is 10.1 Å². The van der Waals surface area contributed by atoms with E-state index in [4.69, 9.17) is 4.42 Å². The highest BCUT2D eigenvalue weighted by molar-refractivity contribution is 8.02. The summed E-state index contributed by atoms with van der Waals surface area (Å²) < 4.78 is 8.57. The van der Waals surface area contributed by atoms with Crippen LogP contribution in [0.1, 0.15) is 11.3 Å². The summed E-state index contributed by atoms with van der Waals surface area (Å²) in [6.45, 7) is 0.364. The minimum Gasteiger partial charge on any atom is -0.401 e. The zero-order valence-electron chi connectivity index (χ0n) is 16.5. The number of aromatic nitrogens is 4. The average Bonchev–Trinajstić information content (AvgIpc) is 3.45. The third-order valence-corrected chi connectivity index (χ3v) is 5.61. The maximum atomic E-state index is 13.2. The van der Waals surface area contributed by atoms with E-state index in [9.17, 15) is 14.9 Å². The average molecular weight is 445 g/mol. The number of para-hydroxylation sites is 1. The van der Waals surface area contributed by atoms with Crippen molar-refractivity contribution in [2.24, 2.45) is 0 Å². The summed E-state index contributed by atoms with van der Waals surface area (Å²) >= 11 is 1.27. The summed E-state index contributed by atoms with van der Waals surface area (Å²) in [6, 6.07) is 19.8. The van der Waals surface area contributed by atoms with Crippen molar-refractivity contribution in [3.63, 3.8) is 0 Å². The molecular weight excluding hydrogens is 430 g/mol. The number of nitro groups is 1. The summed E-state index contributed by atoms with van der Waals surface area (Å²) in [5.41, 5.74) is 1.54. The molecule has 0 bridgehead atoms. The van der Waals surface area contributed by atoms with Gasteiger partial charge in [-0.25, -0.2) is 0 Å². The molecule has 5 aromatic rings. The molecule has 0 fully saturated rings. The van der Waals surface area contributed by atoms with Crippen molar-refractivity contribution < 1.29 is 9.34 Å². The van der Waals surface area contributed by atoms with Gasteiger partial charge in [-0.05, 0) is 35.2 Å². The Labute approximate surface area is 184 Å². The van der Waals surface area contributed by atoms with Crippen LogP contribution in [0.2, 0.25) is 0 Å². The minimum absolute atomic E-state index is 0.139. The lowest BCUT2D eigenvalue weighted by atomic mass is 10.2. The van der Waals surface area contributed by atoms with Crippen LogP contribution >= 0.6 is 11.8 Å². The highest BCUT2D eigenvalue weighted by atomic mass is 32.2. The Morgan fingerprint density at radius 3 is 2.59 bits per heavy atom. The molecular formula is C22H15N5O4S. The first kappa shape index (κ1) is 19.8. The smallest absolute Gasteiger partial charge is 0.401 e. The highest BCUT2D eigenvalue weighted by Gasteiger charge is 2.16. The molecule has 32 heavy (non-hydrogen) atoms. The van der Waals surface area contributed by atoms with E-state index in [2.05, 4.69) is 10.2 Å². The lowest BCUT2D eigenvalue weighted by Crippen LogP contribution is -2.23. The molecule has 5 rings (SSSR count). The monoisotopic (exact) mass is 445 g/mol. The second-order valence-corrected chi connectivity index (χ2v) is 7.74. The molecule has 0 unspecified atom stereocenters. The maximum Gasteiger partial charge on any atom is 0.433 e. The Morgan fingerprint density at radius 1 is 1.03 bits per heavy atom. The zero-order chi connectivity index (χ0) is 22.1. The van der Waals surface area contributed by atoms with Crippen molar-refractivity contribution in [1.29, 1.82) is 0 Å². The number of thioether (sulfide) groups is 1. The number of hydrogen-bond acceptors (Lipinski definition) is 7. The fourth-order valence-corrected chi connectivity index (χ4v) is 4.11. The van der Waals surface area contributed by atoms with E-state index in [1.54, 1.807) is 22.1 Å². The van der Waals surface area contributed by atoms with Gasteiger partial charge >= 0.3 is 5.88 Å². The quantitative estimate of drug-likeness (QED) is 0.217. The third kappa shape index (κ3) is 3.56. The highest BCUT2D eigenvalue weighted by Crippen LogP contribution is 2.24. The molecule has 0 saturated heterocycles. The summed E-state index contributed by atoms with van der Waals surface area (Å²) in [7, 11) is 0. The van der Waals surface area contributed by atoms with Crippen LogP contribution in [0.25, 0.3) is 22.8 Å². The molecule has 3 aromatic heterocycles. The van der Waals surface area contributed by atoms with Gasteiger partial charge < -0.3 is 4.42 Å². The van der Waals surface area contributed by atoms with Crippen LogP contribution in [0.4, 0.5) is 5.88 Å². The zero-order valence-corrected chi connectivity index (χ0v) is 17.3. The van der Waals surface area contributed by atoms with Crippen LogP contribution < -0.4 is 5.56 Å². The molecule has 0 radical (unpaired) electrons. The van der Waals surface area contributed by atoms with Crippen molar-refractivity contribution in [2.45, 2.75) is 11.7 Å². The normalized spacial score (nSPS) is 11.6. The Kier molecular flexibility index (Phi) is 5.04. The molecule has 10 heteroatoms. The van der Waals surface area contributed by atoms with Gasteiger partial charge in [0.2, 0.25) is 10.9 Å². The van der Waals surface area contributed by atoms with Crippen LogP contribution in [-0.2, 0) is 6.54 Å². The van der Waals surface area contributed by atoms with Crippen LogP contribution in [-0.4, -0.2) is 24.1 Å². The minimum atomic E-state index is -0.589. The lowest BCUT2D eigenvalue weighted by molar-refractivity contribution is -0.402. The van der Waals surface area contributed by atoms with Crippen LogP contribution in [0.3, 0.4) is 0 Å². The van der Waals surface area contributed by atoms with Gasteiger partial charge in [0, 0.05) is 0 Å². The molecule has 0 amide bonds. The number of hydrogen-bond donors (Lipinski definition) is 0. The molecule has 0 aliphatic rings. The van der Waals surface area contributed by atoms with Crippen LogP contribution in [0.5, 0.6) is 0 Å². The first-order valence-electron chi connectivity index (χ1n) is 9.60. The van der Waals surface area contributed by atoms with Gasteiger partial charge in [-0.1, -0.05) is 54.2 Å². The number of nitrogens with zero attached hydrogens (tertiary/aromatic N) is 5. The number of benzene rings is 2. The van der Waals surface area contributed by atoms with E-state index in [0.29, 0.717) is 34.1 Å². The summed E-state index contributed by atoms with van der Waals surface area (Å²) in [5.74, 6) is 0.462. The van der Waals surface area contributed by atoms with Gasteiger partial charge in [-0.2, -0.15) is 0 Å². The number of rotatable bonds is 6. The first-order chi connectivity index (χ1) is 15.6. The number of fused-ring (bicyclic) bond motifs is 3. The molecule has 0 N–H and O–H groups in total. The maximum absolute atomic E-state index is 13.2. The van der Waals surface area contributed by atoms with Gasteiger partial charge in [0.25, 0.3) is 5.56 Å². The molecule has 3 heterocycles. The Hall–Kier alpha value is -4.18. The SMILES string of the molecule is O=c1c2ccccc2n2c(S/C=C/c3ccc([N+](=O)[O-])o3)nnc2n1Cc1ccccc1. The Balaban J connectivity index is 1.58. The van der Waals surface area contributed by atoms with Gasteiger partial charge in [-0.15, -0.1) is 10.2 Å². The molecule has 0 atom stereocenters. The van der Waals surface area contributed by atoms with E-state index in [1.807, 2.05) is 52.9 Å². The van der Waals surface area contributed by atoms with Crippen molar-refractivity contribution in [1.82, 2.24) is 19.2 Å². The van der Waals surface area contributed by atoms with Crippen LogP contribution in [0.15, 0.2) is 86.5 Å². The van der Waals surface area contributed by atoms with E-state index < -0.39 is 4.92 Å².